The van der Waals surface area contributed by atoms with E-state index in [0.29, 0.717) is 23.7 Å². The van der Waals surface area contributed by atoms with Crippen molar-refractivity contribution >= 4 is 29.1 Å². The number of rotatable bonds is 7. The molecule has 1 saturated carbocycles. The summed E-state index contributed by atoms with van der Waals surface area (Å²) in [5.74, 6) is 0.563. The fourth-order valence-corrected chi connectivity index (χ4v) is 5.88. The number of carbonyl (C=O) groups is 2. The Labute approximate surface area is 226 Å². The van der Waals surface area contributed by atoms with Crippen molar-refractivity contribution in [2.45, 2.75) is 64.1 Å². The third kappa shape index (κ3) is 4.67. The summed E-state index contributed by atoms with van der Waals surface area (Å²) in [4.78, 5) is 31.8. The SMILES string of the molecule is C=CC(=O)Nc1ccc2c(c1)C(=O)N([C@H]1CCC[C@@H](Nc3nc4ccc(-c5cn[nH]c5)c(C(C)C)n4n3)C1)C2. The number of anilines is 2. The van der Waals surface area contributed by atoms with Crippen LogP contribution >= 0.6 is 0 Å². The summed E-state index contributed by atoms with van der Waals surface area (Å²) in [5.41, 5.74) is 6.23. The van der Waals surface area contributed by atoms with Crippen LogP contribution in [-0.2, 0) is 11.3 Å². The molecule has 10 nitrogen and oxygen atoms in total. The molecule has 0 saturated heterocycles. The molecular formula is C29H32N8O2. The standard InChI is InChI=1S/C29H32N8O2/c1-4-26(38)32-21-9-8-18-16-36(28(39)24(18)13-21)22-7-5-6-20(12-22)33-29-34-25-11-10-23(19-14-30-31-15-19)27(17(2)3)37(25)35-29/h4,8-11,13-15,17,20,22H,1,5-7,12,16H2,2-3H3,(H,30,31)(H,32,38)(H,33,35)/t20-,22+/m1/s1. The number of aromatic nitrogens is 5. The lowest BCUT2D eigenvalue weighted by molar-refractivity contribution is -0.111. The summed E-state index contributed by atoms with van der Waals surface area (Å²) in [6.45, 7) is 8.38. The fourth-order valence-electron chi connectivity index (χ4n) is 5.88. The van der Waals surface area contributed by atoms with Crippen LogP contribution in [0.1, 0.15) is 67.1 Å². The summed E-state index contributed by atoms with van der Waals surface area (Å²) in [5, 5.41) is 18.2. The first-order valence-corrected chi connectivity index (χ1v) is 13.4. The summed E-state index contributed by atoms with van der Waals surface area (Å²) >= 11 is 0. The Balaban J connectivity index is 1.19. The summed E-state index contributed by atoms with van der Waals surface area (Å²) < 4.78 is 1.93. The molecule has 200 valence electrons. The monoisotopic (exact) mass is 524 g/mol. The predicted molar refractivity (Wildman–Crippen MR) is 149 cm³/mol. The number of nitrogens with zero attached hydrogens (tertiary/aromatic N) is 5. The van der Waals surface area contributed by atoms with Gasteiger partial charge in [0.25, 0.3) is 5.91 Å². The van der Waals surface area contributed by atoms with E-state index in [-0.39, 0.29) is 29.8 Å². The van der Waals surface area contributed by atoms with E-state index in [1.807, 2.05) is 40.0 Å². The minimum absolute atomic E-state index is 0.0181. The molecule has 0 spiro atoms. The van der Waals surface area contributed by atoms with Crippen molar-refractivity contribution in [1.82, 2.24) is 29.7 Å². The van der Waals surface area contributed by atoms with Crippen LogP contribution in [0.15, 0.2) is 55.4 Å². The largest absolute Gasteiger partial charge is 0.350 e. The topological polar surface area (TPSA) is 120 Å². The Bertz CT molecular complexity index is 1560. The van der Waals surface area contributed by atoms with Crippen LogP contribution in [0.2, 0.25) is 0 Å². The normalized spacial score (nSPS) is 18.9. The highest BCUT2D eigenvalue weighted by Crippen LogP contribution is 2.34. The number of pyridine rings is 1. The molecule has 1 fully saturated rings. The van der Waals surface area contributed by atoms with E-state index < -0.39 is 0 Å². The van der Waals surface area contributed by atoms with E-state index in [1.54, 1.807) is 6.07 Å². The van der Waals surface area contributed by atoms with Gasteiger partial charge in [-0.3, -0.25) is 14.7 Å². The third-order valence-electron chi connectivity index (χ3n) is 7.71. The van der Waals surface area contributed by atoms with Gasteiger partial charge in [0.15, 0.2) is 5.65 Å². The number of benzene rings is 1. The molecule has 4 heterocycles. The van der Waals surface area contributed by atoms with Gasteiger partial charge in [0.2, 0.25) is 11.9 Å². The molecule has 1 aliphatic heterocycles. The van der Waals surface area contributed by atoms with Crippen LogP contribution in [0.25, 0.3) is 16.8 Å². The van der Waals surface area contributed by atoms with Gasteiger partial charge in [-0.1, -0.05) is 26.5 Å². The molecule has 3 N–H and O–H groups in total. The van der Waals surface area contributed by atoms with Crippen LogP contribution in [0.4, 0.5) is 11.6 Å². The van der Waals surface area contributed by atoms with Gasteiger partial charge >= 0.3 is 0 Å². The van der Waals surface area contributed by atoms with Crippen molar-refractivity contribution in [1.29, 1.82) is 0 Å². The average molecular weight is 525 g/mol. The van der Waals surface area contributed by atoms with Crippen molar-refractivity contribution in [3.8, 4) is 11.1 Å². The third-order valence-corrected chi connectivity index (χ3v) is 7.71. The van der Waals surface area contributed by atoms with Crippen molar-refractivity contribution in [2.24, 2.45) is 0 Å². The molecule has 39 heavy (non-hydrogen) atoms. The highest BCUT2D eigenvalue weighted by molar-refractivity contribution is 6.02. The van der Waals surface area contributed by atoms with Crippen molar-refractivity contribution < 1.29 is 9.59 Å². The van der Waals surface area contributed by atoms with E-state index in [9.17, 15) is 9.59 Å². The second kappa shape index (κ2) is 10.0. The Morgan fingerprint density at radius 1 is 1.21 bits per heavy atom. The van der Waals surface area contributed by atoms with Crippen LogP contribution in [0.3, 0.4) is 0 Å². The zero-order chi connectivity index (χ0) is 27.1. The van der Waals surface area contributed by atoms with Gasteiger partial charge in [0.1, 0.15) is 0 Å². The van der Waals surface area contributed by atoms with E-state index in [2.05, 4.69) is 47.3 Å². The molecule has 2 amide bonds. The van der Waals surface area contributed by atoms with E-state index in [0.717, 1.165) is 53.7 Å². The number of aromatic amines is 1. The van der Waals surface area contributed by atoms with Crippen LogP contribution in [-0.4, -0.2) is 53.6 Å². The van der Waals surface area contributed by atoms with Crippen molar-refractivity contribution in [3.05, 3.63) is 72.2 Å². The molecule has 1 aromatic carbocycles. The molecule has 10 heteroatoms. The summed E-state index contributed by atoms with van der Waals surface area (Å²) in [7, 11) is 0. The fraction of sp³-hybridized carbons (Fsp3) is 0.345. The number of nitrogens with one attached hydrogen (secondary N) is 3. The molecule has 6 rings (SSSR count). The number of hydrogen-bond donors (Lipinski definition) is 3. The second-order valence-corrected chi connectivity index (χ2v) is 10.6. The molecule has 0 radical (unpaired) electrons. The maximum atomic E-state index is 13.4. The van der Waals surface area contributed by atoms with E-state index in [1.165, 1.54) is 6.08 Å². The summed E-state index contributed by atoms with van der Waals surface area (Å²) in [6, 6.07) is 9.88. The Hall–Kier alpha value is -4.47. The molecule has 2 aliphatic rings. The van der Waals surface area contributed by atoms with Crippen molar-refractivity contribution in [3.63, 3.8) is 0 Å². The quantitative estimate of drug-likeness (QED) is 0.300. The minimum Gasteiger partial charge on any atom is -0.350 e. The van der Waals surface area contributed by atoms with Gasteiger partial charge in [0.05, 0.1) is 11.9 Å². The molecule has 2 atom stereocenters. The lowest BCUT2D eigenvalue weighted by Gasteiger charge is -2.35. The van der Waals surface area contributed by atoms with E-state index >= 15 is 0 Å². The average Bonchev–Trinajstić information content (AvgIpc) is 3.67. The first-order chi connectivity index (χ1) is 18.9. The Kier molecular flexibility index (Phi) is 6.38. The van der Waals surface area contributed by atoms with Gasteiger partial charge in [-0.25, -0.2) is 4.52 Å². The van der Waals surface area contributed by atoms with Gasteiger partial charge in [-0.15, -0.1) is 5.10 Å². The van der Waals surface area contributed by atoms with Gasteiger partial charge in [0, 0.05) is 47.2 Å². The maximum absolute atomic E-state index is 13.4. The lowest BCUT2D eigenvalue weighted by Crippen LogP contribution is -2.42. The summed E-state index contributed by atoms with van der Waals surface area (Å²) in [6.07, 6.45) is 8.72. The predicted octanol–water partition coefficient (Wildman–Crippen LogP) is 4.75. The van der Waals surface area contributed by atoms with Crippen LogP contribution in [0, 0.1) is 0 Å². The number of hydrogen-bond acceptors (Lipinski definition) is 6. The number of amides is 2. The van der Waals surface area contributed by atoms with Crippen molar-refractivity contribution in [2.75, 3.05) is 10.6 Å². The molecule has 0 bridgehead atoms. The zero-order valence-corrected chi connectivity index (χ0v) is 22.1. The molecule has 1 aliphatic carbocycles. The second-order valence-electron chi connectivity index (χ2n) is 10.6. The van der Waals surface area contributed by atoms with Gasteiger partial charge in [-0.05, 0) is 67.5 Å². The zero-order valence-electron chi connectivity index (χ0n) is 22.1. The molecule has 4 aromatic rings. The van der Waals surface area contributed by atoms with E-state index in [4.69, 9.17) is 10.1 Å². The van der Waals surface area contributed by atoms with Crippen LogP contribution < -0.4 is 10.6 Å². The Morgan fingerprint density at radius 3 is 2.85 bits per heavy atom. The molecule has 0 unspecified atom stereocenters. The lowest BCUT2D eigenvalue weighted by atomic mass is 9.90. The highest BCUT2D eigenvalue weighted by Gasteiger charge is 2.36. The highest BCUT2D eigenvalue weighted by atomic mass is 16.2. The Morgan fingerprint density at radius 2 is 2.08 bits per heavy atom. The number of fused-ring (bicyclic) bond motifs is 2. The number of H-pyrrole nitrogens is 1. The minimum atomic E-state index is -0.294. The first kappa shape index (κ1) is 24.8. The smallest absolute Gasteiger partial charge is 0.254 e. The molecular weight excluding hydrogens is 492 g/mol. The first-order valence-electron chi connectivity index (χ1n) is 13.4. The van der Waals surface area contributed by atoms with Crippen LogP contribution in [0.5, 0.6) is 0 Å². The van der Waals surface area contributed by atoms with Gasteiger partial charge in [-0.2, -0.15) is 10.1 Å². The molecule has 3 aromatic heterocycles. The maximum Gasteiger partial charge on any atom is 0.254 e. The number of carbonyl (C=O) groups excluding carboxylic acids is 2. The van der Waals surface area contributed by atoms with Gasteiger partial charge < -0.3 is 15.5 Å².